The molecule has 1 fully saturated rings. The van der Waals surface area contributed by atoms with Gasteiger partial charge in [0.2, 0.25) is 10.0 Å². The van der Waals surface area contributed by atoms with E-state index in [9.17, 15) is 13.2 Å². The predicted octanol–water partition coefficient (Wildman–Crippen LogP) is 1.01. The van der Waals surface area contributed by atoms with Gasteiger partial charge in [-0.15, -0.1) is 0 Å². The molecule has 110 valence electrons. The van der Waals surface area contributed by atoms with Crippen molar-refractivity contribution >= 4 is 31.9 Å². The van der Waals surface area contributed by atoms with Gasteiger partial charge in [0.25, 0.3) is 5.91 Å². The van der Waals surface area contributed by atoms with E-state index in [0.29, 0.717) is 23.0 Å². The molecule has 2 rings (SSSR count). The van der Waals surface area contributed by atoms with Crippen molar-refractivity contribution in [1.82, 2.24) is 4.90 Å². The minimum absolute atomic E-state index is 0.119. The molecule has 0 aliphatic carbocycles. The van der Waals surface area contributed by atoms with E-state index in [1.165, 1.54) is 6.07 Å². The van der Waals surface area contributed by atoms with Crippen molar-refractivity contribution in [1.29, 1.82) is 0 Å². The summed E-state index contributed by atoms with van der Waals surface area (Å²) in [7, 11) is -2.25. The summed E-state index contributed by atoms with van der Waals surface area (Å²) in [5.74, 6) is -0.0166. The fraction of sp³-hybridized carbons (Fsp3) is 0.417. The van der Waals surface area contributed by atoms with Crippen LogP contribution in [0.5, 0.6) is 5.75 Å². The van der Waals surface area contributed by atoms with Crippen LogP contribution in [0.25, 0.3) is 0 Å². The largest absolute Gasteiger partial charge is 0.479 e. The van der Waals surface area contributed by atoms with Crippen molar-refractivity contribution in [2.45, 2.75) is 24.3 Å². The molecular weight excluding hydrogens is 348 g/mol. The van der Waals surface area contributed by atoms with Crippen LogP contribution < -0.4 is 9.88 Å². The number of likely N-dealkylation sites (tertiary alicyclic amines) is 1. The number of halogens is 1. The van der Waals surface area contributed by atoms with Gasteiger partial charge in [0, 0.05) is 24.5 Å². The van der Waals surface area contributed by atoms with E-state index in [-0.39, 0.29) is 16.6 Å². The van der Waals surface area contributed by atoms with Crippen LogP contribution in [0.15, 0.2) is 21.5 Å². The molecular formula is C12H15BrN2O4S. The number of hydrogen-bond acceptors (Lipinski definition) is 4. The number of carbonyl (C=O) groups excluding carboxylic acids is 1. The Kier molecular flexibility index (Phi) is 4.08. The number of benzene rings is 1. The Balaban J connectivity index is 2.44. The molecule has 8 heteroatoms. The van der Waals surface area contributed by atoms with Gasteiger partial charge in [-0.2, -0.15) is 0 Å². The van der Waals surface area contributed by atoms with Gasteiger partial charge in [-0.25, -0.2) is 13.6 Å². The lowest BCUT2D eigenvalue weighted by Crippen LogP contribution is -2.30. The number of amides is 1. The number of aryl methyl sites for hydroxylation is 1. The van der Waals surface area contributed by atoms with E-state index in [0.717, 1.165) is 0 Å². The maximum absolute atomic E-state index is 11.9. The number of hydrogen-bond donors (Lipinski definition) is 1. The second-order valence-corrected chi connectivity index (χ2v) is 7.20. The lowest BCUT2D eigenvalue weighted by molar-refractivity contribution is -0.132. The minimum Gasteiger partial charge on any atom is -0.479 e. The van der Waals surface area contributed by atoms with Crippen molar-refractivity contribution < 1.29 is 17.9 Å². The number of nitrogens with two attached hydrogens (primary N) is 1. The summed E-state index contributed by atoms with van der Waals surface area (Å²) in [6.07, 6.45) is -0.144. The molecule has 1 heterocycles. The first kappa shape index (κ1) is 15.3. The summed E-state index contributed by atoms with van der Waals surface area (Å²) in [6.45, 7) is 2.29. The molecule has 2 N–H and O–H groups in total. The Hall–Kier alpha value is -1.12. The Morgan fingerprint density at radius 1 is 1.45 bits per heavy atom. The van der Waals surface area contributed by atoms with Gasteiger partial charge in [0.05, 0.1) is 0 Å². The summed E-state index contributed by atoms with van der Waals surface area (Å²) >= 11 is 3.22. The van der Waals surface area contributed by atoms with E-state index >= 15 is 0 Å². The van der Waals surface area contributed by atoms with Gasteiger partial charge < -0.3 is 9.64 Å². The van der Waals surface area contributed by atoms with Crippen LogP contribution in [0.3, 0.4) is 0 Å². The normalized spacial score (nSPS) is 19.5. The number of rotatable bonds is 3. The number of likely N-dealkylation sites (N-methyl/N-ethyl adjacent to an activating group) is 1. The SMILES string of the molecule is Cc1cc(Br)cc(S(N)(=O)=O)c1OC1CCN(C)C1=O. The second kappa shape index (κ2) is 5.34. The Bertz CT molecular complexity index is 660. The molecule has 0 bridgehead atoms. The zero-order valence-electron chi connectivity index (χ0n) is 11.1. The molecule has 0 radical (unpaired) electrons. The predicted molar refractivity (Wildman–Crippen MR) is 76.9 cm³/mol. The number of sulfonamides is 1. The van der Waals surface area contributed by atoms with Gasteiger partial charge in [0.1, 0.15) is 10.6 Å². The van der Waals surface area contributed by atoms with E-state index < -0.39 is 16.1 Å². The quantitative estimate of drug-likeness (QED) is 0.868. The average molecular weight is 363 g/mol. The van der Waals surface area contributed by atoms with E-state index in [2.05, 4.69) is 15.9 Å². The van der Waals surface area contributed by atoms with Crippen LogP contribution in [0.2, 0.25) is 0 Å². The van der Waals surface area contributed by atoms with Crippen LogP contribution in [0.4, 0.5) is 0 Å². The molecule has 6 nitrogen and oxygen atoms in total. The fourth-order valence-electron chi connectivity index (χ4n) is 2.10. The average Bonchev–Trinajstić information content (AvgIpc) is 2.62. The van der Waals surface area contributed by atoms with Gasteiger partial charge >= 0.3 is 0 Å². The third-order valence-electron chi connectivity index (χ3n) is 3.15. The molecule has 20 heavy (non-hydrogen) atoms. The van der Waals surface area contributed by atoms with Crippen molar-refractivity contribution in [2.75, 3.05) is 13.6 Å². The summed E-state index contributed by atoms with van der Waals surface area (Å²) in [4.78, 5) is 13.3. The highest BCUT2D eigenvalue weighted by molar-refractivity contribution is 9.10. The second-order valence-electron chi connectivity index (χ2n) is 4.75. The van der Waals surface area contributed by atoms with Crippen LogP contribution >= 0.6 is 15.9 Å². The first-order valence-electron chi connectivity index (χ1n) is 5.94. The summed E-state index contributed by atoms with van der Waals surface area (Å²) < 4.78 is 29.5. The maximum atomic E-state index is 11.9. The zero-order valence-corrected chi connectivity index (χ0v) is 13.5. The smallest absolute Gasteiger partial charge is 0.263 e. The zero-order chi connectivity index (χ0) is 15.1. The first-order chi connectivity index (χ1) is 9.20. The van der Waals surface area contributed by atoms with Crippen molar-refractivity contribution in [2.24, 2.45) is 5.14 Å². The van der Waals surface area contributed by atoms with Crippen LogP contribution in [0.1, 0.15) is 12.0 Å². The molecule has 1 atom stereocenters. The third-order valence-corrected chi connectivity index (χ3v) is 4.52. The van der Waals surface area contributed by atoms with Gasteiger partial charge in [-0.3, -0.25) is 4.79 Å². The highest BCUT2D eigenvalue weighted by atomic mass is 79.9. The van der Waals surface area contributed by atoms with E-state index in [1.807, 2.05) is 0 Å². The molecule has 1 unspecified atom stereocenters. The Morgan fingerprint density at radius 3 is 2.60 bits per heavy atom. The number of carbonyl (C=O) groups is 1. The Morgan fingerprint density at radius 2 is 2.10 bits per heavy atom. The van der Waals surface area contributed by atoms with Crippen molar-refractivity contribution in [3.05, 3.63) is 22.2 Å². The number of nitrogens with zero attached hydrogens (tertiary/aromatic N) is 1. The summed E-state index contributed by atoms with van der Waals surface area (Å²) in [6, 6.07) is 3.09. The monoisotopic (exact) mass is 362 g/mol. The lowest BCUT2D eigenvalue weighted by atomic mass is 10.2. The van der Waals surface area contributed by atoms with Crippen LogP contribution in [0, 0.1) is 6.92 Å². The molecule has 1 amide bonds. The highest BCUT2D eigenvalue weighted by Gasteiger charge is 2.32. The highest BCUT2D eigenvalue weighted by Crippen LogP contribution is 2.32. The summed E-state index contributed by atoms with van der Waals surface area (Å²) in [5, 5.41) is 5.21. The molecule has 1 aromatic carbocycles. The van der Waals surface area contributed by atoms with Crippen LogP contribution in [-0.4, -0.2) is 38.9 Å². The molecule has 1 aliphatic heterocycles. The molecule has 1 saturated heterocycles. The van der Waals surface area contributed by atoms with Crippen LogP contribution in [-0.2, 0) is 14.8 Å². The van der Waals surface area contributed by atoms with E-state index in [4.69, 9.17) is 9.88 Å². The standard InChI is InChI=1S/C12H15BrN2O4S/c1-7-5-8(13)6-10(20(14,17)18)11(7)19-9-3-4-15(2)12(9)16/h5-6,9H,3-4H2,1-2H3,(H2,14,17,18). The number of ether oxygens (including phenoxy) is 1. The molecule has 0 saturated carbocycles. The third kappa shape index (κ3) is 2.97. The Labute approximate surface area is 126 Å². The van der Waals surface area contributed by atoms with Gasteiger partial charge in [0.15, 0.2) is 6.10 Å². The maximum Gasteiger partial charge on any atom is 0.263 e. The molecule has 1 aliphatic rings. The molecule has 1 aromatic rings. The lowest BCUT2D eigenvalue weighted by Gasteiger charge is -2.17. The first-order valence-corrected chi connectivity index (χ1v) is 8.28. The number of primary sulfonamides is 1. The van der Waals surface area contributed by atoms with E-state index in [1.54, 1.807) is 24.9 Å². The minimum atomic E-state index is -3.93. The topological polar surface area (TPSA) is 89.7 Å². The fourth-order valence-corrected chi connectivity index (χ4v) is 3.59. The van der Waals surface area contributed by atoms with Crippen molar-refractivity contribution in [3.63, 3.8) is 0 Å². The molecule has 0 spiro atoms. The van der Waals surface area contributed by atoms with Gasteiger partial charge in [-0.05, 0) is 24.6 Å². The van der Waals surface area contributed by atoms with Gasteiger partial charge in [-0.1, -0.05) is 15.9 Å². The molecule has 0 aromatic heterocycles. The summed E-state index contributed by atoms with van der Waals surface area (Å²) in [5.41, 5.74) is 0.603. The van der Waals surface area contributed by atoms with Crippen molar-refractivity contribution in [3.8, 4) is 5.75 Å².